The third-order valence-electron chi connectivity index (χ3n) is 4.22. The molecule has 0 aliphatic carbocycles. The Morgan fingerprint density at radius 3 is 2.65 bits per heavy atom. The normalized spacial score (nSPS) is 10.5. The Morgan fingerprint density at radius 2 is 1.96 bits per heavy atom. The molecule has 0 aliphatic heterocycles. The van der Waals surface area contributed by atoms with Gasteiger partial charge in [0.05, 0.1) is 17.9 Å². The van der Waals surface area contributed by atoms with E-state index in [4.69, 9.17) is 16.9 Å². The number of para-hydroxylation sites is 1. The number of hydrogen-bond acceptors (Lipinski definition) is 4. The molecule has 1 heterocycles. The molecule has 2 aromatic carbocycles. The van der Waals surface area contributed by atoms with Crippen LogP contribution in [0, 0.1) is 6.92 Å². The molecule has 0 amide bonds. The van der Waals surface area contributed by atoms with E-state index in [1.54, 1.807) is 6.20 Å². The van der Waals surface area contributed by atoms with Gasteiger partial charge in [-0.15, -0.1) is 0 Å². The zero-order valence-electron chi connectivity index (χ0n) is 14.5. The van der Waals surface area contributed by atoms with Gasteiger partial charge in [0.25, 0.3) is 5.84 Å². The number of amidine groups is 1. The molecule has 0 aliphatic rings. The van der Waals surface area contributed by atoms with Gasteiger partial charge in [-0.05, 0) is 35.7 Å². The topological polar surface area (TPSA) is 123 Å². The molecule has 3 aromatic rings. The SMILES string of the molecule is Cc1ccccc1Nc1ncc(-c2cccc(CO)c2)c(C(N)=[NH2+])c1N. The highest BCUT2D eigenvalue weighted by Crippen LogP contribution is 2.32. The summed E-state index contributed by atoms with van der Waals surface area (Å²) in [6, 6.07) is 15.3. The van der Waals surface area contributed by atoms with Gasteiger partial charge >= 0.3 is 0 Å². The number of nitrogen functional groups attached to an aromatic ring is 1. The van der Waals surface area contributed by atoms with Crippen LogP contribution in [0.5, 0.6) is 0 Å². The van der Waals surface area contributed by atoms with E-state index in [9.17, 15) is 5.11 Å². The summed E-state index contributed by atoms with van der Waals surface area (Å²) in [5, 5.41) is 18.5. The fourth-order valence-electron chi connectivity index (χ4n) is 2.83. The minimum Gasteiger partial charge on any atom is -0.395 e. The maximum atomic E-state index is 9.37. The predicted molar refractivity (Wildman–Crippen MR) is 105 cm³/mol. The fraction of sp³-hybridized carbons (Fsp3) is 0.100. The van der Waals surface area contributed by atoms with E-state index >= 15 is 0 Å². The maximum absolute atomic E-state index is 9.37. The lowest BCUT2D eigenvalue weighted by Gasteiger charge is -2.15. The molecule has 0 unspecified atom stereocenters. The lowest BCUT2D eigenvalue weighted by atomic mass is 9.98. The van der Waals surface area contributed by atoms with Crippen LogP contribution in [0.2, 0.25) is 0 Å². The largest absolute Gasteiger partial charge is 0.395 e. The number of aryl methyl sites for hydroxylation is 1. The van der Waals surface area contributed by atoms with E-state index in [1.165, 1.54) is 0 Å². The number of aliphatic hydroxyl groups excluding tert-OH is 1. The van der Waals surface area contributed by atoms with Gasteiger partial charge < -0.3 is 16.2 Å². The molecule has 3 rings (SSSR count). The van der Waals surface area contributed by atoms with Crippen molar-refractivity contribution in [2.24, 2.45) is 5.73 Å². The van der Waals surface area contributed by atoms with Crippen molar-refractivity contribution in [2.75, 3.05) is 11.1 Å². The van der Waals surface area contributed by atoms with Crippen molar-refractivity contribution < 1.29 is 10.5 Å². The number of nitrogens with one attached hydrogen (secondary N) is 1. The number of nitrogens with zero attached hydrogens (tertiary/aromatic N) is 1. The van der Waals surface area contributed by atoms with Crippen molar-refractivity contribution in [2.45, 2.75) is 13.5 Å². The average molecular weight is 348 g/mol. The lowest BCUT2D eigenvalue weighted by molar-refractivity contribution is -0.114. The first-order chi connectivity index (χ1) is 12.5. The van der Waals surface area contributed by atoms with Gasteiger partial charge in [-0.25, -0.2) is 4.98 Å². The molecule has 0 radical (unpaired) electrons. The summed E-state index contributed by atoms with van der Waals surface area (Å²) in [6.07, 6.45) is 1.68. The Kier molecular flexibility index (Phi) is 4.86. The van der Waals surface area contributed by atoms with E-state index in [-0.39, 0.29) is 12.4 Å². The summed E-state index contributed by atoms with van der Waals surface area (Å²) in [6.45, 7) is 1.94. The quantitative estimate of drug-likeness (QED) is 0.352. The smallest absolute Gasteiger partial charge is 0.273 e. The van der Waals surface area contributed by atoms with Crippen molar-refractivity contribution in [3.63, 3.8) is 0 Å². The fourth-order valence-corrected chi connectivity index (χ4v) is 2.83. The molecular weight excluding hydrogens is 326 g/mol. The van der Waals surface area contributed by atoms with Crippen molar-refractivity contribution in [1.29, 1.82) is 0 Å². The number of nitrogens with two attached hydrogens (primary N) is 3. The molecule has 0 fully saturated rings. The molecular formula is C20H22N5O+. The molecule has 0 saturated heterocycles. The van der Waals surface area contributed by atoms with Crippen LogP contribution < -0.4 is 22.2 Å². The van der Waals surface area contributed by atoms with E-state index in [2.05, 4.69) is 10.3 Å². The summed E-state index contributed by atoms with van der Waals surface area (Å²) in [5.74, 6) is 0.604. The standard InChI is InChI=1S/C20H21N5O/c1-12-5-2-3-8-16(12)25-20-18(21)17(19(22)23)15(10-24-20)14-7-4-6-13(9-14)11-26/h2-10,26H,11,21H2,1H3,(H3,22,23)(H,24,25)/p+1. The highest BCUT2D eigenvalue weighted by atomic mass is 16.3. The summed E-state index contributed by atoms with van der Waals surface area (Å²) in [4.78, 5) is 4.47. The van der Waals surface area contributed by atoms with Crippen molar-refractivity contribution >= 4 is 23.0 Å². The first kappa shape index (κ1) is 17.4. The lowest BCUT2D eigenvalue weighted by Crippen LogP contribution is -2.47. The van der Waals surface area contributed by atoms with Gasteiger partial charge in [-0.3, -0.25) is 11.1 Å². The molecule has 26 heavy (non-hydrogen) atoms. The van der Waals surface area contributed by atoms with Gasteiger partial charge in [0.1, 0.15) is 0 Å². The van der Waals surface area contributed by atoms with Crippen LogP contribution >= 0.6 is 0 Å². The van der Waals surface area contributed by atoms with Crippen molar-refractivity contribution in [3.8, 4) is 11.1 Å². The minimum absolute atomic E-state index is 0.0547. The zero-order valence-corrected chi connectivity index (χ0v) is 14.5. The molecule has 6 heteroatoms. The van der Waals surface area contributed by atoms with Gasteiger partial charge in [0, 0.05) is 17.4 Å². The van der Waals surface area contributed by atoms with Gasteiger partial charge in [0.15, 0.2) is 5.82 Å². The number of aromatic nitrogens is 1. The highest BCUT2D eigenvalue weighted by Gasteiger charge is 2.19. The number of pyridine rings is 1. The van der Waals surface area contributed by atoms with Crippen LogP contribution in [0.25, 0.3) is 11.1 Å². The van der Waals surface area contributed by atoms with Gasteiger partial charge in [-0.2, -0.15) is 0 Å². The molecule has 0 atom stereocenters. The number of aliphatic hydroxyl groups is 1. The first-order valence-corrected chi connectivity index (χ1v) is 8.21. The van der Waals surface area contributed by atoms with E-state index < -0.39 is 0 Å². The second kappa shape index (κ2) is 7.25. The van der Waals surface area contributed by atoms with E-state index in [0.717, 1.165) is 22.4 Å². The first-order valence-electron chi connectivity index (χ1n) is 8.21. The third-order valence-corrected chi connectivity index (χ3v) is 4.22. The molecule has 0 bridgehead atoms. The van der Waals surface area contributed by atoms with Crippen molar-refractivity contribution in [3.05, 3.63) is 71.4 Å². The maximum Gasteiger partial charge on any atom is 0.273 e. The molecule has 0 saturated carbocycles. The Balaban J connectivity index is 2.10. The van der Waals surface area contributed by atoms with Crippen LogP contribution in [0.3, 0.4) is 0 Å². The number of hydrogen-bond donors (Lipinski definition) is 5. The Labute approximate surface area is 152 Å². The summed E-state index contributed by atoms with van der Waals surface area (Å²) >= 11 is 0. The van der Waals surface area contributed by atoms with Crippen LogP contribution in [0.4, 0.5) is 17.2 Å². The van der Waals surface area contributed by atoms with Gasteiger partial charge in [0.2, 0.25) is 0 Å². The van der Waals surface area contributed by atoms with Gasteiger partial charge in [-0.1, -0.05) is 36.4 Å². The third kappa shape index (κ3) is 3.36. The molecule has 1 aromatic heterocycles. The van der Waals surface area contributed by atoms with E-state index in [1.807, 2.05) is 55.5 Å². The van der Waals surface area contributed by atoms with Crippen molar-refractivity contribution in [1.82, 2.24) is 4.98 Å². The monoisotopic (exact) mass is 348 g/mol. The summed E-state index contributed by atoms with van der Waals surface area (Å²) in [5.41, 5.74) is 17.5. The van der Waals surface area contributed by atoms with Crippen LogP contribution in [0.1, 0.15) is 16.7 Å². The van der Waals surface area contributed by atoms with Crippen LogP contribution in [-0.2, 0) is 6.61 Å². The number of benzene rings is 2. The summed E-state index contributed by atoms with van der Waals surface area (Å²) < 4.78 is 0. The molecule has 8 N–H and O–H groups in total. The minimum atomic E-state index is -0.0547. The van der Waals surface area contributed by atoms with Crippen LogP contribution in [0.15, 0.2) is 54.7 Å². The highest BCUT2D eigenvalue weighted by molar-refractivity contribution is 6.06. The van der Waals surface area contributed by atoms with E-state index in [0.29, 0.717) is 22.6 Å². The summed E-state index contributed by atoms with van der Waals surface area (Å²) in [7, 11) is 0. The molecule has 6 nitrogen and oxygen atoms in total. The second-order valence-corrected chi connectivity index (χ2v) is 6.06. The Hall–Kier alpha value is -3.38. The van der Waals surface area contributed by atoms with Crippen LogP contribution in [-0.4, -0.2) is 15.9 Å². The molecule has 0 spiro atoms. The Bertz CT molecular complexity index is 968. The average Bonchev–Trinajstić information content (AvgIpc) is 2.64. The number of rotatable bonds is 5. The Morgan fingerprint density at radius 1 is 1.19 bits per heavy atom. The molecule has 132 valence electrons. The zero-order chi connectivity index (χ0) is 18.7. The number of anilines is 3. The second-order valence-electron chi connectivity index (χ2n) is 6.06. The predicted octanol–water partition coefficient (Wildman–Crippen LogP) is 1.34.